The summed E-state index contributed by atoms with van der Waals surface area (Å²) in [6.07, 6.45) is 1.44. The number of hydrogen-bond acceptors (Lipinski definition) is 5. The quantitative estimate of drug-likeness (QED) is 0.854. The van der Waals surface area contributed by atoms with Crippen molar-refractivity contribution >= 4 is 17.6 Å². The molecule has 29 heavy (non-hydrogen) atoms. The first kappa shape index (κ1) is 19.2. The molecule has 2 aliphatic heterocycles. The summed E-state index contributed by atoms with van der Waals surface area (Å²) in [6, 6.07) is 8.24. The highest BCUT2D eigenvalue weighted by atomic mass is 16.6. The number of aryl methyl sites for hydroxylation is 1. The van der Waals surface area contributed by atoms with Crippen LogP contribution in [0.1, 0.15) is 24.4 Å². The van der Waals surface area contributed by atoms with E-state index in [4.69, 9.17) is 13.9 Å². The van der Waals surface area contributed by atoms with Crippen LogP contribution in [0.4, 0.5) is 10.5 Å². The summed E-state index contributed by atoms with van der Waals surface area (Å²) in [5.74, 6) is 2.72. The van der Waals surface area contributed by atoms with Crippen LogP contribution in [-0.2, 0) is 11.3 Å². The van der Waals surface area contributed by atoms with Gasteiger partial charge < -0.3 is 29.0 Å². The van der Waals surface area contributed by atoms with Gasteiger partial charge in [-0.3, -0.25) is 4.79 Å². The second kappa shape index (κ2) is 8.06. The molecule has 0 saturated carbocycles. The van der Waals surface area contributed by atoms with Crippen LogP contribution in [0, 0.1) is 6.92 Å². The number of fused-ring (bicyclic) bond motifs is 1. The van der Waals surface area contributed by atoms with E-state index in [0.717, 1.165) is 17.9 Å². The number of urea groups is 1. The molecular formula is C21H25N3O5. The number of amides is 3. The minimum atomic E-state index is -0.478. The number of hydrogen-bond donors (Lipinski definition) is 1. The lowest BCUT2D eigenvalue weighted by Gasteiger charge is -2.28. The predicted molar refractivity (Wildman–Crippen MR) is 106 cm³/mol. The molecule has 0 radical (unpaired) electrons. The van der Waals surface area contributed by atoms with Crippen molar-refractivity contribution < 1.29 is 23.5 Å². The fourth-order valence-electron chi connectivity index (χ4n) is 3.72. The number of carbonyl (C=O) groups excluding carboxylic acids is 2. The lowest BCUT2D eigenvalue weighted by atomic mass is 10.2. The monoisotopic (exact) mass is 399 g/mol. The number of benzene rings is 1. The van der Waals surface area contributed by atoms with Crippen molar-refractivity contribution in [1.29, 1.82) is 0 Å². The molecule has 1 saturated heterocycles. The molecule has 2 aliphatic rings. The van der Waals surface area contributed by atoms with E-state index in [1.165, 1.54) is 0 Å². The fourth-order valence-corrected chi connectivity index (χ4v) is 3.72. The Morgan fingerprint density at radius 2 is 1.97 bits per heavy atom. The van der Waals surface area contributed by atoms with Gasteiger partial charge in [0.2, 0.25) is 5.91 Å². The van der Waals surface area contributed by atoms with Gasteiger partial charge in [-0.05, 0) is 44.0 Å². The van der Waals surface area contributed by atoms with Crippen molar-refractivity contribution in [2.24, 2.45) is 0 Å². The molecule has 0 unspecified atom stereocenters. The van der Waals surface area contributed by atoms with Gasteiger partial charge in [0.15, 0.2) is 11.5 Å². The molecule has 2 aromatic rings. The maximum atomic E-state index is 12.9. The van der Waals surface area contributed by atoms with Crippen LogP contribution in [0.2, 0.25) is 0 Å². The summed E-state index contributed by atoms with van der Waals surface area (Å²) in [5, 5.41) is 2.87. The average Bonchev–Trinajstić information content (AvgIpc) is 3.36. The average molecular weight is 399 g/mol. The Morgan fingerprint density at radius 3 is 2.72 bits per heavy atom. The lowest BCUT2D eigenvalue weighted by molar-refractivity contribution is -0.134. The van der Waals surface area contributed by atoms with Gasteiger partial charge in [0.05, 0.1) is 6.54 Å². The largest absolute Gasteiger partial charge is 0.486 e. The molecule has 0 aliphatic carbocycles. The predicted octanol–water partition coefficient (Wildman–Crippen LogP) is 3.01. The van der Waals surface area contributed by atoms with Gasteiger partial charge in [0.25, 0.3) is 0 Å². The second-order valence-corrected chi connectivity index (χ2v) is 7.35. The Bertz CT molecular complexity index is 909. The molecule has 1 aromatic carbocycles. The zero-order valence-electron chi connectivity index (χ0n) is 16.6. The number of likely N-dealkylation sites (tertiary alicyclic amines) is 1. The van der Waals surface area contributed by atoms with E-state index in [2.05, 4.69) is 5.32 Å². The van der Waals surface area contributed by atoms with E-state index in [0.29, 0.717) is 49.9 Å². The molecule has 8 heteroatoms. The number of furan rings is 1. The topological polar surface area (TPSA) is 84.3 Å². The number of likely N-dealkylation sites (N-methyl/N-ethyl adjacent to an activating group) is 1. The molecular weight excluding hydrogens is 374 g/mol. The van der Waals surface area contributed by atoms with Crippen molar-refractivity contribution in [2.45, 2.75) is 32.4 Å². The molecule has 1 aromatic heterocycles. The maximum Gasteiger partial charge on any atom is 0.322 e. The van der Waals surface area contributed by atoms with Crippen molar-refractivity contribution in [2.75, 3.05) is 32.1 Å². The molecule has 3 heterocycles. The van der Waals surface area contributed by atoms with Crippen LogP contribution < -0.4 is 14.8 Å². The van der Waals surface area contributed by atoms with Gasteiger partial charge in [0.1, 0.15) is 30.8 Å². The molecule has 8 nitrogen and oxygen atoms in total. The molecule has 154 valence electrons. The van der Waals surface area contributed by atoms with Crippen molar-refractivity contribution in [3.05, 3.63) is 41.9 Å². The maximum absolute atomic E-state index is 12.9. The fraction of sp³-hybridized carbons (Fsp3) is 0.429. The molecule has 1 N–H and O–H groups in total. The van der Waals surface area contributed by atoms with Gasteiger partial charge in [-0.25, -0.2) is 4.79 Å². The van der Waals surface area contributed by atoms with E-state index in [1.54, 1.807) is 35.0 Å². The van der Waals surface area contributed by atoms with Crippen molar-refractivity contribution in [3.8, 4) is 11.5 Å². The van der Waals surface area contributed by atoms with E-state index < -0.39 is 6.04 Å². The normalized spacial score (nSPS) is 17.9. The van der Waals surface area contributed by atoms with E-state index in [1.807, 2.05) is 19.1 Å². The van der Waals surface area contributed by atoms with Gasteiger partial charge >= 0.3 is 6.03 Å². The van der Waals surface area contributed by atoms with Gasteiger partial charge in [-0.15, -0.1) is 0 Å². The summed E-state index contributed by atoms with van der Waals surface area (Å²) in [7, 11) is 1.73. The standard InChI is InChI=1S/C21H25N3O5/c1-14-5-7-16(29-14)13-23(2)20(25)17-4-3-9-24(17)21(26)22-15-6-8-18-19(12-15)28-11-10-27-18/h5-8,12,17H,3-4,9-11,13H2,1-2H3,(H,22,26)/t17-/m0/s1. The summed E-state index contributed by atoms with van der Waals surface area (Å²) in [5.41, 5.74) is 0.608. The number of carbonyl (C=O) groups is 2. The minimum Gasteiger partial charge on any atom is -0.486 e. The number of nitrogens with one attached hydrogen (secondary N) is 1. The zero-order chi connectivity index (χ0) is 20.4. The third-order valence-electron chi connectivity index (χ3n) is 5.16. The first-order valence-electron chi connectivity index (χ1n) is 9.79. The first-order chi connectivity index (χ1) is 14.0. The molecule has 1 atom stereocenters. The summed E-state index contributed by atoms with van der Waals surface area (Å²) in [6.45, 7) is 3.78. The van der Waals surface area contributed by atoms with Gasteiger partial charge in [0, 0.05) is 25.3 Å². The van der Waals surface area contributed by atoms with E-state index in [9.17, 15) is 9.59 Å². The van der Waals surface area contributed by atoms with Crippen LogP contribution in [0.3, 0.4) is 0 Å². The SMILES string of the molecule is Cc1ccc(CN(C)C(=O)[C@@H]2CCCN2C(=O)Nc2ccc3c(c2)OCCO3)o1. The minimum absolute atomic E-state index is 0.0890. The Kier molecular flexibility index (Phi) is 5.33. The lowest BCUT2D eigenvalue weighted by Crippen LogP contribution is -2.47. The number of nitrogens with zero attached hydrogens (tertiary/aromatic N) is 2. The van der Waals surface area contributed by atoms with Crippen LogP contribution in [-0.4, -0.2) is 54.6 Å². The molecule has 1 fully saturated rings. The number of rotatable bonds is 4. The molecule has 0 bridgehead atoms. The Balaban J connectivity index is 1.40. The van der Waals surface area contributed by atoms with Gasteiger partial charge in [-0.2, -0.15) is 0 Å². The van der Waals surface area contributed by atoms with Crippen LogP contribution in [0.5, 0.6) is 11.5 Å². The summed E-state index contributed by atoms with van der Waals surface area (Å²) < 4.78 is 16.6. The van der Waals surface area contributed by atoms with Gasteiger partial charge in [-0.1, -0.05) is 0 Å². The Hall–Kier alpha value is -3.16. The molecule has 4 rings (SSSR count). The third kappa shape index (κ3) is 4.16. The van der Waals surface area contributed by atoms with Crippen molar-refractivity contribution in [1.82, 2.24) is 9.80 Å². The highest BCUT2D eigenvalue weighted by Gasteiger charge is 2.36. The van der Waals surface area contributed by atoms with Crippen LogP contribution in [0.25, 0.3) is 0 Å². The van der Waals surface area contributed by atoms with E-state index in [-0.39, 0.29) is 11.9 Å². The third-order valence-corrected chi connectivity index (χ3v) is 5.16. The first-order valence-corrected chi connectivity index (χ1v) is 9.79. The van der Waals surface area contributed by atoms with E-state index >= 15 is 0 Å². The second-order valence-electron chi connectivity index (χ2n) is 7.35. The molecule has 0 spiro atoms. The summed E-state index contributed by atoms with van der Waals surface area (Å²) in [4.78, 5) is 29.0. The number of anilines is 1. The Morgan fingerprint density at radius 1 is 1.17 bits per heavy atom. The van der Waals surface area contributed by atoms with Crippen LogP contribution >= 0.6 is 0 Å². The number of ether oxygens (including phenoxy) is 2. The zero-order valence-corrected chi connectivity index (χ0v) is 16.6. The summed E-state index contributed by atoms with van der Waals surface area (Å²) >= 11 is 0. The van der Waals surface area contributed by atoms with Crippen molar-refractivity contribution in [3.63, 3.8) is 0 Å². The molecule has 3 amide bonds. The highest BCUT2D eigenvalue weighted by molar-refractivity contribution is 5.94. The highest BCUT2D eigenvalue weighted by Crippen LogP contribution is 2.33. The Labute approximate surface area is 169 Å². The smallest absolute Gasteiger partial charge is 0.322 e. The van der Waals surface area contributed by atoms with Crippen LogP contribution in [0.15, 0.2) is 34.7 Å².